The predicted molar refractivity (Wildman–Crippen MR) is 69.0 cm³/mol. The molecule has 0 radical (unpaired) electrons. The van der Waals surface area contributed by atoms with Crippen LogP contribution in [-0.2, 0) is 0 Å². The molecular formula is C12H9Cl2F2NO. The van der Waals surface area contributed by atoms with E-state index in [0.29, 0.717) is 10.7 Å². The lowest BCUT2D eigenvalue weighted by Crippen LogP contribution is -1.83. The molecule has 0 aromatic heterocycles. The largest absolute Gasteiger partial charge is 0.505 e. The van der Waals surface area contributed by atoms with Crippen molar-refractivity contribution in [3.05, 3.63) is 59.1 Å². The molecular weight excluding hydrogens is 283 g/mol. The van der Waals surface area contributed by atoms with E-state index in [2.05, 4.69) is 4.84 Å². The minimum absolute atomic E-state index is 0.305. The van der Waals surface area contributed by atoms with Gasteiger partial charge < -0.3 is 5.11 Å². The van der Waals surface area contributed by atoms with E-state index in [4.69, 9.17) is 28.5 Å². The van der Waals surface area contributed by atoms with Crippen molar-refractivity contribution >= 4 is 29.1 Å². The molecule has 96 valence electrons. The maximum Gasteiger partial charge on any atom is 0.164 e. The Morgan fingerprint density at radius 2 is 1.67 bits per heavy atom. The second-order valence-electron chi connectivity index (χ2n) is 3.17. The van der Waals surface area contributed by atoms with E-state index in [1.807, 2.05) is 0 Å². The quantitative estimate of drug-likeness (QED) is 0.754. The Morgan fingerprint density at radius 1 is 1.00 bits per heavy atom. The van der Waals surface area contributed by atoms with Gasteiger partial charge in [-0.1, -0.05) is 23.7 Å². The van der Waals surface area contributed by atoms with Gasteiger partial charge in [-0.2, -0.15) is 0 Å². The Bertz CT molecular complexity index is 523. The number of phenolic OH excluding ortho intramolecular Hbond substituents is 1. The van der Waals surface area contributed by atoms with Crippen molar-refractivity contribution in [1.29, 1.82) is 0 Å². The molecule has 0 fully saturated rings. The Morgan fingerprint density at radius 3 is 2.11 bits per heavy atom. The molecule has 0 bridgehead atoms. The maximum absolute atomic E-state index is 12.4. The molecule has 2 N–H and O–H groups in total. The van der Waals surface area contributed by atoms with E-state index in [9.17, 15) is 8.78 Å². The normalized spacial score (nSPS) is 9.33. The van der Waals surface area contributed by atoms with Gasteiger partial charge in [0.05, 0.1) is 5.69 Å². The first-order chi connectivity index (χ1) is 8.54. The molecule has 0 heterocycles. The average Bonchev–Trinajstić information content (AvgIpc) is 2.36. The van der Waals surface area contributed by atoms with Crippen LogP contribution >= 0.6 is 23.4 Å². The van der Waals surface area contributed by atoms with Crippen LogP contribution in [0.4, 0.5) is 14.5 Å². The number of benzene rings is 2. The third kappa shape index (κ3) is 4.39. The van der Waals surface area contributed by atoms with Gasteiger partial charge in [0.15, 0.2) is 11.6 Å². The number of nitrogens with one attached hydrogen (secondary N) is 1. The van der Waals surface area contributed by atoms with Crippen LogP contribution in [0, 0.1) is 11.6 Å². The van der Waals surface area contributed by atoms with Crippen LogP contribution in [-0.4, -0.2) is 5.11 Å². The molecule has 6 heteroatoms. The van der Waals surface area contributed by atoms with E-state index >= 15 is 0 Å². The molecule has 0 amide bonds. The van der Waals surface area contributed by atoms with Crippen LogP contribution < -0.4 is 4.84 Å². The lowest BCUT2D eigenvalue weighted by molar-refractivity contribution is 0.432. The fourth-order valence-electron chi connectivity index (χ4n) is 1.02. The number of phenols is 1. The van der Waals surface area contributed by atoms with Gasteiger partial charge in [-0.25, -0.2) is 8.78 Å². The van der Waals surface area contributed by atoms with E-state index in [-0.39, 0.29) is 5.82 Å². The Balaban J connectivity index is 0.000000180. The molecule has 0 aliphatic heterocycles. The first-order valence-electron chi connectivity index (χ1n) is 4.79. The Labute approximate surface area is 113 Å². The summed E-state index contributed by atoms with van der Waals surface area (Å²) in [7, 11) is 0. The van der Waals surface area contributed by atoms with Crippen LogP contribution in [0.5, 0.6) is 5.75 Å². The first kappa shape index (κ1) is 14.5. The molecule has 0 saturated heterocycles. The molecule has 0 atom stereocenters. The second kappa shape index (κ2) is 7.03. The maximum atomic E-state index is 12.4. The molecule has 0 unspecified atom stereocenters. The summed E-state index contributed by atoms with van der Waals surface area (Å²) < 4.78 is 24.6. The summed E-state index contributed by atoms with van der Waals surface area (Å²) in [5.41, 5.74) is 0.305. The van der Waals surface area contributed by atoms with Gasteiger partial charge in [0.25, 0.3) is 0 Å². The van der Waals surface area contributed by atoms with Crippen molar-refractivity contribution in [3.8, 4) is 5.75 Å². The summed E-state index contributed by atoms with van der Waals surface area (Å²) in [6, 6.07) is 9.83. The fraction of sp³-hybridized carbons (Fsp3) is 0. The summed E-state index contributed by atoms with van der Waals surface area (Å²) in [5, 5.41) is 8.97. The molecule has 0 aliphatic rings. The number of halogens is 4. The Hall–Kier alpha value is -1.52. The minimum atomic E-state index is -0.653. The molecule has 18 heavy (non-hydrogen) atoms. The number of para-hydroxylation sites is 1. The number of anilines is 1. The summed E-state index contributed by atoms with van der Waals surface area (Å²) in [6.07, 6.45) is 0. The average molecular weight is 292 g/mol. The van der Waals surface area contributed by atoms with Crippen LogP contribution in [0.25, 0.3) is 0 Å². The van der Waals surface area contributed by atoms with Gasteiger partial charge in [0, 0.05) is 22.9 Å². The standard InChI is InChI=1S/C6H5ClFN.C6H4ClFO/c7-9-6-4-2-1-3-5(6)8;7-4-1-2-5(8)6(9)3-4/h1-4,9H;1-3,9H. The van der Waals surface area contributed by atoms with Gasteiger partial charge in [-0.15, -0.1) is 0 Å². The minimum Gasteiger partial charge on any atom is -0.505 e. The molecule has 0 aliphatic carbocycles. The van der Waals surface area contributed by atoms with Crippen molar-refractivity contribution in [3.63, 3.8) is 0 Å². The zero-order valence-corrected chi connectivity index (χ0v) is 10.5. The SMILES string of the molecule is Fc1ccccc1NCl.Oc1cc(Cl)ccc1F. The van der Waals surface area contributed by atoms with Crippen molar-refractivity contribution in [2.45, 2.75) is 0 Å². The molecule has 2 rings (SSSR count). The lowest BCUT2D eigenvalue weighted by atomic mass is 10.3. The van der Waals surface area contributed by atoms with Crippen LogP contribution in [0.15, 0.2) is 42.5 Å². The van der Waals surface area contributed by atoms with Crippen molar-refractivity contribution in [2.75, 3.05) is 4.84 Å². The molecule has 2 aromatic carbocycles. The lowest BCUT2D eigenvalue weighted by Gasteiger charge is -1.95. The first-order valence-corrected chi connectivity index (χ1v) is 5.55. The van der Waals surface area contributed by atoms with E-state index < -0.39 is 11.6 Å². The van der Waals surface area contributed by atoms with Gasteiger partial charge in [-0.05, 0) is 24.3 Å². The third-order valence-corrected chi connectivity index (χ3v) is 2.32. The molecule has 0 spiro atoms. The summed E-state index contributed by atoms with van der Waals surface area (Å²) in [5.74, 6) is -1.41. The third-order valence-electron chi connectivity index (χ3n) is 1.88. The predicted octanol–water partition coefficient (Wildman–Crippen LogP) is 4.58. The van der Waals surface area contributed by atoms with Gasteiger partial charge in [0.1, 0.15) is 5.82 Å². The topological polar surface area (TPSA) is 32.3 Å². The fourth-order valence-corrected chi connectivity index (χ4v) is 1.34. The molecule has 2 aromatic rings. The number of hydrogen-bond acceptors (Lipinski definition) is 2. The van der Waals surface area contributed by atoms with Crippen molar-refractivity contribution in [2.24, 2.45) is 0 Å². The van der Waals surface area contributed by atoms with Gasteiger partial charge in [-0.3, -0.25) is 4.84 Å². The van der Waals surface area contributed by atoms with Crippen LogP contribution in [0.1, 0.15) is 0 Å². The second-order valence-corrected chi connectivity index (χ2v) is 3.80. The molecule has 0 saturated carbocycles. The highest BCUT2D eigenvalue weighted by Gasteiger charge is 1.97. The summed E-state index contributed by atoms with van der Waals surface area (Å²) in [6.45, 7) is 0. The van der Waals surface area contributed by atoms with E-state index in [1.165, 1.54) is 12.1 Å². The number of aromatic hydroxyl groups is 1. The number of hydrogen-bond donors (Lipinski definition) is 2. The van der Waals surface area contributed by atoms with Gasteiger partial charge >= 0.3 is 0 Å². The highest BCUT2D eigenvalue weighted by molar-refractivity contribution is 6.30. The zero-order chi connectivity index (χ0) is 13.5. The molecule has 2 nitrogen and oxygen atoms in total. The monoisotopic (exact) mass is 291 g/mol. The van der Waals surface area contributed by atoms with Crippen LogP contribution in [0.2, 0.25) is 5.02 Å². The summed E-state index contributed by atoms with van der Waals surface area (Å²) >= 11 is 10.5. The van der Waals surface area contributed by atoms with Gasteiger partial charge in [0.2, 0.25) is 0 Å². The van der Waals surface area contributed by atoms with E-state index in [0.717, 1.165) is 12.1 Å². The number of rotatable bonds is 1. The van der Waals surface area contributed by atoms with Crippen molar-refractivity contribution < 1.29 is 13.9 Å². The highest BCUT2D eigenvalue weighted by Crippen LogP contribution is 2.19. The highest BCUT2D eigenvalue weighted by atomic mass is 35.5. The summed E-state index contributed by atoms with van der Waals surface area (Å²) in [4.78, 5) is 2.19. The van der Waals surface area contributed by atoms with Crippen molar-refractivity contribution in [1.82, 2.24) is 0 Å². The van der Waals surface area contributed by atoms with E-state index in [1.54, 1.807) is 18.2 Å². The zero-order valence-electron chi connectivity index (χ0n) is 9.00. The van der Waals surface area contributed by atoms with Crippen LogP contribution in [0.3, 0.4) is 0 Å². The Kier molecular flexibility index (Phi) is 5.68. The smallest absolute Gasteiger partial charge is 0.164 e.